The SMILES string of the molecule is Cc1ccc(C(=O)/C=C/c2cccc3c2N(O)[B]C3)c(S)c1. The van der Waals surface area contributed by atoms with Crippen LogP contribution < -0.4 is 4.97 Å². The lowest BCUT2D eigenvalue weighted by molar-refractivity contribution is 0.104. The number of hydrogen-bond acceptors (Lipinski definition) is 4. The van der Waals surface area contributed by atoms with Gasteiger partial charge in [-0.15, -0.1) is 12.6 Å². The normalized spacial score (nSPS) is 13.3. The Kier molecular flexibility index (Phi) is 4.09. The fourth-order valence-electron chi connectivity index (χ4n) is 2.57. The first-order valence-electron chi connectivity index (χ1n) is 7.01. The van der Waals surface area contributed by atoms with Crippen LogP contribution in [0.15, 0.2) is 47.4 Å². The third-order valence-corrected chi connectivity index (χ3v) is 4.07. The van der Waals surface area contributed by atoms with E-state index in [0.717, 1.165) is 27.4 Å². The molecule has 0 spiro atoms. The van der Waals surface area contributed by atoms with E-state index in [4.69, 9.17) is 0 Å². The molecular weight excluding hydrogens is 293 g/mol. The number of allylic oxidation sites excluding steroid dienone is 1. The summed E-state index contributed by atoms with van der Waals surface area (Å²) in [5, 5.41) is 9.87. The van der Waals surface area contributed by atoms with Crippen molar-refractivity contribution in [2.75, 3.05) is 4.97 Å². The van der Waals surface area contributed by atoms with Crippen molar-refractivity contribution in [2.45, 2.75) is 18.1 Å². The zero-order chi connectivity index (χ0) is 15.7. The van der Waals surface area contributed by atoms with E-state index in [1.54, 1.807) is 19.6 Å². The van der Waals surface area contributed by atoms with E-state index in [-0.39, 0.29) is 5.78 Å². The second-order valence-corrected chi connectivity index (χ2v) is 5.79. The van der Waals surface area contributed by atoms with Gasteiger partial charge in [0.15, 0.2) is 5.78 Å². The minimum Gasteiger partial charge on any atom is -0.308 e. The Labute approximate surface area is 135 Å². The molecular formula is C17H15BNO2S. The Morgan fingerprint density at radius 1 is 1.36 bits per heavy atom. The van der Waals surface area contributed by atoms with Crippen molar-refractivity contribution in [1.29, 1.82) is 0 Å². The van der Waals surface area contributed by atoms with E-state index in [2.05, 4.69) is 12.6 Å². The molecule has 1 heterocycles. The highest BCUT2D eigenvalue weighted by molar-refractivity contribution is 7.80. The average Bonchev–Trinajstić information content (AvgIpc) is 2.87. The van der Waals surface area contributed by atoms with Crippen LogP contribution in [0.2, 0.25) is 0 Å². The Bertz CT molecular complexity index is 773. The van der Waals surface area contributed by atoms with Crippen LogP contribution in [0.5, 0.6) is 0 Å². The second kappa shape index (κ2) is 6.03. The minimum atomic E-state index is -0.103. The van der Waals surface area contributed by atoms with Crippen molar-refractivity contribution in [3.63, 3.8) is 0 Å². The summed E-state index contributed by atoms with van der Waals surface area (Å²) in [6.07, 6.45) is 3.95. The van der Waals surface area contributed by atoms with Crippen molar-refractivity contribution >= 4 is 37.6 Å². The van der Waals surface area contributed by atoms with E-state index in [0.29, 0.717) is 16.8 Å². The molecule has 0 aromatic heterocycles. The number of aryl methyl sites for hydroxylation is 1. The summed E-state index contributed by atoms with van der Waals surface area (Å²) in [5.41, 5.74) is 4.24. The molecule has 0 amide bonds. The van der Waals surface area contributed by atoms with Crippen LogP contribution in [-0.2, 0) is 6.32 Å². The van der Waals surface area contributed by atoms with E-state index in [9.17, 15) is 10.0 Å². The number of carbonyl (C=O) groups is 1. The van der Waals surface area contributed by atoms with Gasteiger partial charge < -0.3 is 10.2 Å². The molecule has 22 heavy (non-hydrogen) atoms. The van der Waals surface area contributed by atoms with Crippen LogP contribution >= 0.6 is 12.6 Å². The predicted molar refractivity (Wildman–Crippen MR) is 92.0 cm³/mol. The third kappa shape index (κ3) is 2.82. The highest BCUT2D eigenvalue weighted by Crippen LogP contribution is 2.30. The van der Waals surface area contributed by atoms with Gasteiger partial charge in [0.05, 0.1) is 5.69 Å². The number of ketones is 1. The van der Waals surface area contributed by atoms with Crippen molar-refractivity contribution < 1.29 is 10.0 Å². The molecule has 5 heteroatoms. The van der Waals surface area contributed by atoms with Crippen molar-refractivity contribution in [3.05, 3.63) is 64.7 Å². The monoisotopic (exact) mass is 308 g/mol. The maximum atomic E-state index is 12.3. The quantitative estimate of drug-likeness (QED) is 0.394. The largest absolute Gasteiger partial charge is 0.308 e. The van der Waals surface area contributed by atoms with Crippen LogP contribution in [0.25, 0.3) is 6.08 Å². The first-order valence-corrected chi connectivity index (χ1v) is 7.46. The first kappa shape index (κ1) is 14.9. The fraction of sp³-hybridized carbons (Fsp3) is 0.118. The molecule has 2 aromatic rings. The fourth-order valence-corrected chi connectivity index (χ4v) is 2.96. The van der Waals surface area contributed by atoms with E-state index in [1.165, 1.54) is 6.08 Å². The van der Waals surface area contributed by atoms with Crippen molar-refractivity contribution in [3.8, 4) is 0 Å². The number of carbonyl (C=O) groups excluding carboxylic acids is 1. The van der Waals surface area contributed by atoms with Gasteiger partial charge in [0.2, 0.25) is 0 Å². The van der Waals surface area contributed by atoms with Crippen LogP contribution in [0, 0.1) is 6.92 Å². The number of fused-ring (bicyclic) bond motifs is 1. The molecule has 0 fully saturated rings. The van der Waals surface area contributed by atoms with Gasteiger partial charge in [-0.25, -0.2) is 0 Å². The summed E-state index contributed by atoms with van der Waals surface area (Å²) in [5.74, 6) is -0.103. The van der Waals surface area contributed by atoms with Crippen molar-refractivity contribution in [2.24, 2.45) is 0 Å². The lowest BCUT2D eigenvalue weighted by Gasteiger charge is -2.13. The summed E-state index contributed by atoms with van der Waals surface area (Å²) in [7, 11) is 1.70. The third-order valence-electron chi connectivity index (χ3n) is 3.70. The molecule has 1 aliphatic heterocycles. The minimum absolute atomic E-state index is 0.103. The zero-order valence-corrected chi connectivity index (χ0v) is 13.0. The summed E-state index contributed by atoms with van der Waals surface area (Å²) in [6, 6.07) is 11.3. The highest BCUT2D eigenvalue weighted by atomic mass is 32.1. The lowest BCUT2D eigenvalue weighted by atomic mass is 9.90. The van der Waals surface area contributed by atoms with Gasteiger partial charge in [-0.2, -0.15) is 0 Å². The Hall–Kier alpha value is -1.98. The maximum Gasteiger partial charge on any atom is 0.290 e. The molecule has 0 atom stereocenters. The van der Waals surface area contributed by atoms with Crippen LogP contribution in [-0.4, -0.2) is 18.4 Å². The number of rotatable bonds is 3. The molecule has 0 bridgehead atoms. The Morgan fingerprint density at radius 3 is 2.95 bits per heavy atom. The predicted octanol–water partition coefficient (Wildman–Crippen LogP) is 3.51. The number of nitrogens with zero attached hydrogens (tertiary/aromatic N) is 1. The first-order chi connectivity index (χ1) is 10.6. The van der Waals surface area contributed by atoms with Crippen LogP contribution in [0.1, 0.15) is 27.0 Å². The van der Waals surface area contributed by atoms with E-state index >= 15 is 0 Å². The van der Waals surface area contributed by atoms with Crippen LogP contribution in [0.3, 0.4) is 0 Å². The Balaban J connectivity index is 1.89. The number of hydrogen-bond donors (Lipinski definition) is 2. The second-order valence-electron chi connectivity index (χ2n) is 5.30. The van der Waals surface area contributed by atoms with E-state index in [1.807, 2.05) is 37.3 Å². The standard InChI is InChI=1S/C17H15BNO2S/c1-11-5-7-14(16(22)9-11)15(20)8-6-12-3-2-4-13-10-18-19(21)17(12)13/h2-9,21-22H,10H2,1H3/b8-6+. The molecule has 0 unspecified atom stereocenters. The van der Waals surface area contributed by atoms with E-state index < -0.39 is 0 Å². The van der Waals surface area contributed by atoms with Gasteiger partial charge in [0.1, 0.15) is 0 Å². The number of anilines is 1. The average molecular weight is 308 g/mol. The topological polar surface area (TPSA) is 40.5 Å². The molecule has 3 nitrogen and oxygen atoms in total. The van der Waals surface area contributed by atoms with Crippen molar-refractivity contribution in [1.82, 2.24) is 0 Å². The van der Waals surface area contributed by atoms with Gasteiger partial charge in [-0.3, -0.25) is 4.79 Å². The zero-order valence-electron chi connectivity index (χ0n) is 12.2. The Morgan fingerprint density at radius 2 is 2.18 bits per heavy atom. The molecule has 1 N–H and O–H groups in total. The molecule has 1 aliphatic rings. The number of thiol groups is 1. The van der Waals surface area contributed by atoms with Gasteiger partial charge >= 0.3 is 0 Å². The molecule has 1 radical (unpaired) electrons. The lowest BCUT2D eigenvalue weighted by Crippen LogP contribution is -2.18. The summed E-state index contributed by atoms with van der Waals surface area (Å²) < 4.78 is 0. The molecule has 0 aliphatic carbocycles. The van der Waals surface area contributed by atoms with Gasteiger partial charge in [-0.05, 0) is 54.2 Å². The summed E-state index contributed by atoms with van der Waals surface area (Å²) in [4.78, 5) is 14.1. The highest BCUT2D eigenvalue weighted by Gasteiger charge is 2.21. The summed E-state index contributed by atoms with van der Waals surface area (Å²) in [6.45, 7) is 1.96. The number of para-hydroxylation sites is 1. The number of benzene rings is 2. The van der Waals surface area contributed by atoms with Gasteiger partial charge in [0, 0.05) is 10.5 Å². The molecule has 0 saturated heterocycles. The molecule has 0 saturated carbocycles. The van der Waals surface area contributed by atoms with Gasteiger partial charge in [0.25, 0.3) is 7.41 Å². The van der Waals surface area contributed by atoms with Crippen LogP contribution in [0.4, 0.5) is 5.69 Å². The smallest absolute Gasteiger partial charge is 0.290 e. The molecule has 3 rings (SSSR count). The summed E-state index contributed by atoms with van der Waals surface area (Å²) >= 11 is 4.36. The van der Waals surface area contributed by atoms with Gasteiger partial charge in [-0.1, -0.05) is 24.3 Å². The molecule has 109 valence electrons. The maximum absolute atomic E-state index is 12.3. The molecule has 2 aromatic carbocycles.